The summed E-state index contributed by atoms with van der Waals surface area (Å²) in [6, 6.07) is 8.44. The molecule has 0 aliphatic carbocycles. The van der Waals surface area contributed by atoms with E-state index in [0.717, 1.165) is 24.9 Å². The van der Waals surface area contributed by atoms with Gasteiger partial charge in [-0.05, 0) is 29.4 Å². The van der Waals surface area contributed by atoms with Crippen LogP contribution in [0, 0.1) is 0 Å². The normalized spacial score (nSPS) is 15.7. The molecular weight excluding hydrogens is 314 g/mol. The summed E-state index contributed by atoms with van der Waals surface area (Å²) in [4.78, 5) is 27.5. The number of nitrogens with one attached hydrogen (secondary N) is 1. The smallest absolute Gasteiger partial charge is 0.317 e. The maximum atomic E-state index is 12.4. The second-order valence-electron chi connectivity index (χ2n) is 7.44. The van der Waals surface area contributed by atoms with Crippen molar-refractivity contribution >= 4 is 11.9 Å². The first kappa shape index (κ1) is 19.3. The van der Waals surface area contributed by atoms with Gasteiger partial charge in [0.25, 0.3) is 0 Å². The van der Waals surface area contributed by atoms with Gasteiger partial charge >= 0.3 is 6.03 Å². The lowest BCUT2D eigenvalue weighted by Gasteiger charge is -2.24. The summed E-state index contributed by atoms with van der Waals surface area (Å²) in [7, 11) is 0. The summed E-state index contributed by atoms with van der Waals surface area (Å²) in [5.41, 5.74) is 2.60. The van der Waals surface area contributed by atoms with Gasteiger partial charge in [0.05, 0.1) is 0 Å². The molecule has 1 aromatic rings. The zero-order chi connectivity index (χ0) is 18.4. The van der Waals surface area contributed by atoms with E-state index in [9.17, 15) is 9.59 Å². The number of nitrogens with zero attached hydrogens (tertiary/aromatic N) is 2. The van der Waals surface area contributed by atoms with Gasteiger partial charge in [0, 0.05) is 39.6 Å². The van der Waals surface area contributed by atoms with Crippen molar-refractivity contribution < 1.29 is 9.59 Å². The molecule has 0 saturated carbocycles. The van der Waals surface area contributed by atoms with Gasteiger partial charge in [0.1, 0.15) is 0 Å². The van der Waals surface area contributed by atoms with Crippen LogP contribution in [0.1, 0.15) is 51.7 Å². The van der Waals surface area contributed by atoms with Crippen molar-refractivity contribution in [1.82, 2.24) is 15.1 Å². The SMILES string of the molecule is CCC(C)(C)c1ccc(CNC(=O)N2CCCN(C(C)=O)CC2)cc1. The summed E-state index contributed by atoms with van der Waals surface area (Å²) in [6.45, 7) is 11.4. The Bertz CT molecular complexity index is 595. The molecule has 0 bridgehead atoms. The average Bonchev–Trinajstić information content (AvgIpc) is 2.86. The van der Waals surface area contributed by atoms with Crippen molar-refractivity contribution in [2.24, 2.45) is 0 Å². The summed E-state index contributed by atoms with van der Waals surface area (Å²) in [5.74, 6) is 0.0809. The highest BCUT2D eigenvalue weighted by atomic mass is 16.2. The third-order valence-corrected chi connectivity index (χ3v) is 5.29. The van der Waals surface area contributed by atoms with Gasteiger partial charge in [0.15, 0.2) is 0 Å². The Hall–Kier alpha value is -2.04. The molecule has 0 aromatic heterocycles. The minimum atomic E-state index is -0.0524. The number of hydrogen-bond donors (Lipinski definition) is 1. The molecule has 25 heavy (non-hydrogen) atoms. The molecule has 5 nitrogen and oxygen atoms in total. The number of rotatable bonds is 4. The van der Waals surface area contributed by atoms with E-state index >= 15 is 0 Å². The Labute approximate surface area is 151 Å². The van der Waals surface area contributed by atoms with E-state index in [4.69, 9.17) is 0 Å². The fraction of sp³-hybridized carbons (Fsp3) is 0.600. The number of hydrogen-bond acceptors (Lipinski definition) is 2. The Balaban J connectivity index is 1.86. The number of carbonyl (C=O) groups excluding carboxylic acids is 2. The lowest BCUT2D eigenvalue weighted by molar-refractivity contribution is -0.128. The molecule has 1 heterocycles. The summed E-state index contributed by atoms with van der Waals surface area (Å²) in [6.07, 6.45) is 1.92. The van der Waals surface area contributed by atoms with E-state index in [1.807, 2.05) is 4.90 Å². The van der Waals surface area contributed by atoms with Crippen molar-refractivity contribution in [2.75, 3.05) is 26.2 Å². The molecule has 2 rings (SSSR count). The van der Waals surface area contributed by atoms with Gasteiger partial charge in [-0.25, -0.2) is 4.79 Å². The van der Waals surface area contributed by atoms with Gasteiger partial charge in [-0.3, -0.25) is 4.79 Å². The van der Waals surface area contributed by atoms with Crippen LogP contribution in [0.25, 0.3) is 0 Å². The van der Waals surface area contributed by atoms with Crippen LogP contribution in [0.5, 0.6) is 0 Å². The highest BCUT2D eigenvalue weighted by Gasteiger charge is 2.20. The molecule has 1 saturated heterocycles. The second kappa shape index (κ2) is 8.37. The first-order chi connectivity index (χ1) is 11.8. The maximum Gasteiger partial charge on any atom is 0.317 e. The molecule has 138 valence electrons. The molecule has 0 atom stereocenters. The van der Waals surface area contributed by atoms with Crippen molar-refractivity contribution in [3.8, 4) is 0 Å². The largest absolute Gasteiger partial charge is 0.341 e. The Kier molecular flexibility index (Phi) is 6.45. The summed E-state index contributed by atoms with van der Waals surface area (Å²) in [5, 5.41) is 3.00. The monoisotopic (exact) mass is 345 g/mol. The highest BCUT2D eigenvalue weighted by molar-refractivity contribution is 5.75. The zero-order valence-electron chi connectivity index (χ0n) is 16.0. The lowest BCUT2D eigenvalue weighted by Crippen LogP contribution is -2.42. The summed E-state index contributed by atoms with van der Waals surface area (Å²) < 4.78 is 0. The van der Waals surface area contributed by atoms with Crippen LogP contribution in [0.15, 0.2) is 24.3 Å². The van der Waals surface area contributed by atoms with Crippen molar-refractivity contribution in [1.29, 1.82) is 0 Å². The Morgan fingerprint density at radius 2 is 1.64 bits per heavy atom. The molecule has 0 spiro atoms. The van der Waals surface area contributed by atoms with Crippen molar-refractivity contribution in [2.45, 2.75) is 52.5 Å². The van der Waals surface area contributed by atoms with Gasteiger partial charge in [-0.2, -0.15) is 0 Å². The molecule has 1 aromatic carbocycles. The van der Waals surface area contributed by atoms with Crippen LogP contribution < -0.4 is 5.32 Å². The Morgan fingerprint density at radius 1 is 1.04 bits per heavy atom. The van der Waals surface area contributed by atoms with Gasteiger partial charge in [-0.15, -0.1) is 0 Å². The van der Waals surface area contributed by atoms with E-state index in [-0.39, 0.29) is 17.4 Å². The van der Waals surface area contributed by atoms with Crippen molar-refractivity contribution in [3.63, 3.8) is 0 Å². The minimum Gasteiger partial charge on any atom is -0.341 e. The molecule has 1 aliphatic rings. The predicted octanol–water partition coefficient (Wildman–Crippen LogP) is 3.14. The fourth-order valence-electron chi connectivity index (χ4n) is 3.00. The standard InChI is InChI=1S/C20H31N3O2/c1-5-20(3,4)18-9-7-17(8-10-18)15-21-19(25)23-12-6-11-22(13-14-23)16(2)24/h7-10H,5-6,11-15H2,1-4H3,(H,21,25). The highest BCUT2D eigenvalue weighted by Crippen LogP contribution is 2.26. The molecule has 0 radical (unpaired) electrons. The Morgan fingerprint density at radius 3 is 2.24 bits per heavy atom. The maximum absolute atomic E-state index is 12.4. The molecule has 1 fully saturated rings. The number of amides is 3. The van der Waals surface area contributed by atoms with Crippen LogP contribution >= 0.6 is 0 Å². The molecule has 3 amide bonds. The zero-order valence-corrected chi connectivity index (χ0v) is 16.0. The van der Waals surface area contributed by atoms with E-state index in [0.29, 0.717) is 26.2 Å². The van der Waals surface area contributed by atoms with Gasteiger partial charge in [0.2, 0.25) is 5.91 Å². The van der Waals surface area contributed by atoms with Crippen LogP contribution in [0.2, 0.25) is 0 Å². The topological polar surface area (TPSA) is 52.7 Å². The van der Waals surface area contributed by atoms with Crippen LogP contribution in [0.3, 0.4) is 0 Å². The van der Waals surface area contributed by atoms with Crippen LogP contribution in [0.4, 0.5) is 4.79 Å². The first-order valence-electron chi connectivity index (χ1n) is 9.21. The quantitative estimate of drug-likeness (QED) is 0.911. The summed E-state index contributed by atoms with van der Waals surface area (Å²) >= 11 is 0. The van der Waals surface area contributed by atoms with Crippen molar-refractivity contribution in [3.05, 3.63) is 35.4 Å². The third-order valence-electron chi connectivity index (χ3n) is 5.29. The average molecular weight is 345 g/mol. The molecular formula is C20H31N3O2. The van der Waals surface area contributed by atoms with Gasteiger partial charge < -0.3 is 15.1 Å². The molecule has 1 aliphatic heterocycles. The fourth-order valence-corrected chi connectivity index (χ4v) is 3.00. The number of urea groups is 1. The van der Waals surface area contributed by atoms with Crippen LogP contribution in [-0.2, 0) is 16.8 Å². The first-order valence-corrected chi connectivity index (χ1v) is 9.21. The molecule has 0 unspecified atom stereocenters. The van der Waals surface area contributed by atoms with E-state index in [2.05, 4.69) is 50.4 Å². The van der Waals surface area contributed by atoms with Gasteiger partial charge in [-0.1, -0.05) is 45.0 Å². The van der Waals surface area contributed by atoms with E-state index in [1.165, 1.54) is 5.56 Å². The minimum absolute atomic E-state index is 0.0524. The number of benzene rings is 1. The van der Waals surface area contributed by atoms with E-state index in [1.54, 1.807) is 11.8 Å². The molecule has 5 heteroatoms. The number of carbonyl (C=O) groups is 2. The molecule has 1 N–H and O–H groups in total. The second-order valence-corrected chi connectivity index (χ2v) is 7.44. The third kappa shape index (κ3) is 5.21. The van der Waals surface area contributed by atoms with Crippen LogP contribution in [-0.4, -0.2) is 47.9 Å². The predicted molar refractivity (Wildman–Crippen MR) is 100 cm³/mol. The lowest BCUT2D eigenvalue weighted by atomic mass is 9.82. The van der Waals surface area contributed by atoms with E-state index < -0.39 is 0 Å².